The lowest BCUT2D eigenvalue weighted by Crippen LogP contribution is -2.32. The zero-order valence-corrected chi connectivity index (χ0v) is 29.5. The highest BCUT2D eigenvalue weighted by atomic mass is 127. The monoisotopic (exact) mass is 944 g/mol. The molecule has 0 heterocycles. The molecule has 3 aromatic carbocycles. The standard InChI is InChI=1S/C29H23I3O10S/c1-2-29(12-3-4-13-29)42-24(33)16-39-23-7-5-6-20(27(34)40-18-10-8-17(30)9-11-18)25(23)28(35)41-19-14-21(31)26(22(32)15-19)43(36,37)38/h2,5-11,14-15H,1,3-4,12-13,16H2,(H,36,37,38). The highest BCUT2D eigenvalue weighted by molar-refractivity contribution is 14.1. The Morgan fingerprint density at radius 2 is 1.51 bits per heavy atom. The minimum atomic E-state index is -4.54. The number of halogens is 3. The van der Waals surface area contributed by atoms with Crippen LogP contribution in [-0.4, -0.2) is 43.1 Å². The summed E-state index contributed by atoms with van der Waals surface area (Å²) in [6.45, 7) is 3.22. The van der Waals surface area contributed by atoms with Gasteiger partial charge in [-0.1, -0.05) is 12.6 Å². The van der Waals surface area contributed by atoms with Gasteiger partial charge in [0.05, 0.1) is 5.56 Å². The molecule has 1 N–H and O–H groups in total. The second-order valence-corrected chi connectivity index (χ2v) is 14.3. The Labute approximate surface area is 288 Å². The number of hydrogen-bond donors (Lipinski definition) is 1. The van der Waals surface area contributed by atoms with Gasteiger partial charge in [0.15, 0.2) is 6.61 Å². The zero-order chi connectivity index (χ0) is 31.4. The Balaban J connectivity index is 1.65. The van der Waals surface area contributed by atoms with Gasteiger partial charge in [-0.2, -0.15) is 8.42 Å². The van der Waals surface area contributed by atoms with Gasteiger partial charge in [-0.25, -0.2) is 14.4 Å². The van der Waals surface area contributed by atoms with E-state index in [4.69, 9.17) is 18.9 Å². The molecule has 1 saturated carbocycles. The molecule has 1 fully saturated rings. The summed E-state index contributed by atoms with van der Waals surface area (Å²) in [5, 5.41) is 0. The van der Waals surface area contributed by atoms with Crippen molar-refractivity contribution in [3.63, 3.8) is 0 Å². The number of ether oxygens (including phenoxy) is 4. The molecule has 4 rings (SSSR count). The molecule has 226 valence electrons. The van der Waals surface area contributed by atoms with Gasteiger partial charge in [0.2, 0.25) is 0 Å². The molecule has 1 aliphatic carbocycles. The van der Waals surface area contributed by atoms with Crippen LogP contribution in [0.2, 0.25) is 0 Å². The number of carbonyl (C=O) groups excluding carboxylic acids is 3. The van der Waals surface area contributed by atoms with Crippen LogP contribution in [0.4, 0.5) is 0 Å². The lowest BCUT2D eigenvalue weighted by Gasteiger charge is -2.25. The van der Waals surface area contributed by atoms with E-state index in [1.807, 2.05) is 0 Å². The number of rotatable bonds is 10. The normalized spacial score (nSPS) is 14.0. The topological polar surface area (TPSA) is 142 Å². The maximum atomic E-state index is 13.6. The molecule has 43 heavy (non-hydrogen) atoms. The van der Waals surface area contributed by atoms with E-state index < -0.39 is 40.2 Å². The van der Waals surface area contributed by atoms with Crippen LogP contribution in [0.1, 0.15) is 46.4 Å². The summed E-state index contributed by atoms with van der Waals surface area (Å²) in [6, 6.07) is 13.3. The molecule has 3 aromatic rings. The second-order valence-electron chi connectivity index (χ2n) is 9.34. The van der Waals surface area contributed by atoms with Crippen molar-refractivity contribution >= 4 is 95.8 Å². The van der Waals surface area contributed by atoms with E-state index in [1.54, 1.807) is 75.5 Å². The number of esters is 3. The molecule has 0 aliphatic heterocycles. The Hall–Kier alpha value is -2.29. The fourth-order valence-electron chi connectivity index (χ4n) is 4.41. The summed E-state index contributed by atoms with van der Waals surface area (Å²) in [7, 11) is -4.54. The first kappa shape index (κ1) is 33.6. The molecular formula is C29H23I3O10S. The highest BCUT2D eigenvalue weighted by Crippen LogP contribution is 2.35. The van der Waals surface area contributed by atoms with Gasteiger partial charge >= 0.3 is 17.9 Å². The van der Waals surface area contributed by atoms with E-state index >= 15 is 0 Å². The van der Waals surface area contributed by atoms with Crippen LogP contribution in [0.15, 0.2) is 72.1 Å². The van der Waals surface area contributed by atoms with E-state index in [1.165, 1.54) is 30.3 Å². The average molecular weight is 944 g/mol. The van der Waals surface area contributed by atoms with Crippen molar-refractivity contribution in [3.05, 3.63) is 89.1 Å². The molecule has 0 atom stereocenters. The Morgan fingerprint density at radius 3 is 2.09 bits per heavy atom. The number of benzene rings is 3. The third-order valence-electron chi connectivity index (χ3n) is 6.40. The van der Waals surface area contributed by atoms with Gasteiger partial charge in [-0.05, 0) is 148 Å². The van der Waals surface area contributed by atoms with E-state index in [9.17, 15) is 27.4 Å². The molecule has 0 unspecified atom stereocenters. The molecule has 0 saturated heterocycles. The smallest absolute Gasteiger partial charge is 0.348 e. The van der Waals surface area contributed by atoms with Crippen LogP contribution < -0.4 is 14.2 Å². The fraction of sp³-hybridized carbons (Fsp3) is 0.207. The van der Waals surface area contributed by atoms with Crippen molar-refractivity contribution in [2.45, 2.75) is 36.2 Å². The van der Waals surface area contributed by atoms with Crippen molar-refractivity contribution < 1.29 is 46.3 Å². The molecule has 0 radical (unpaired) electrons. The Morgan fingerprint density at radius 1 is 0.907 bits per heavy atom. The van der Waals surface area contributed by atoms with Crippen LogP contribution >= 0.6 is 67.8 Å². The predicted molar refractivity (Wildman–Crippen MR) is 180 cm³/mol. The first-order valence-electron chi connectivity index (χ1n) is 12.6. The van der Waals surface area contributed by atoms with Crippen molar-refractivity contribution in [3.8, 4) is 17.2 Å². The van der Waals surface area contributed by atoms with Crippen molar-refractivity contribution in [1.29, 1.82) is 0 Å². The summed E-state index contributed by atoms with van der Waals surface area (Å²) in [5.41, 5.74) is -1.30. The Bertz CT molecular complexity index is 1660. The maximum absolute atomic E-state index is 13.6. The van der Waals surface area contributed by atoms with E-state index in [0.717, 1.165) is 16.4 Å². The van der Waals surface area contributed by atoms with Gasteiger partial charge in [-0.15, -0.1) is 0 Å². The summed E-state index contributed by atoms with van der Waals surface area (Å²) in [5.74, 6) is -2.58. The van der Waals surface area contributed by atoms with E-state index in [-0.39, 0.29) is 40.4 Å². The van der Waals surface area contributed by atoms with Crippen LogP contribution in [0, 0.1) is 10.7 Å². The maximum Gasteiger partial charge on any atom is 0.348 e. The third-order valence-corrected chi connectivity index (χ3v) is 10.5. The lowest BCUT2D eigenvalue weighted by molar-refractivity contribution is -0.157. The van der Waals surface area contributed by atoms with Crippen molar-refractivity contribution in [2.75, 3.05) is 6.61 Å². The molecule has 0 aromatic heterocycles. The van der Waals surface area contributed by atoms with E-state index in [2.05, 4.69) is 29.2 Å². The molecule has 1 aliphatic rings. The van der Waals surface area contributed by atoms with Gasteiger partial charge in [0, 0.05) is 10.7 Å². The first-order valence-corrected chi connectivity index (χ1v) is 17.3. The largest absolute Gasteiger partial charge is 0.481 e. The number of carbonyl (C=O) groups is 3. The predicted octanol–water partition coefficient (Wildman–Crippen LogP) is 6.61. The lowest BCUT2D eigenvalue weighted by atomic mass is 10.0. The molecule has 0 spiro atoms. The summed E-state index contributed by atoms with van der Waals surface area (Å²) in [4.78, 5) is 39.2. The summed E-state index contributed by atoms with van der Waals surface area (Å²) < 4.78 is 56.5. The molecular weight excluding hydrogens is 921 g/mol. The SMILES string of the molecule is C=CC1(OC(=O)COc2cccc(C(=O)Oc3ccc(I)cc3)c2C(=O)Oc2cc(I)c(S(=O)(=O)O)c(I)c2)CCCC1. The van der Waals surface area contributed by atoms with E-state index in [0.29, 0.717) is 12.8 Å². The number of hydrogen-bond acceptors (Lipinski definition) is 9. The van der Waals surface area contributed by atoms with Gasteiger partial charge < -0.3 is 18.9 Å². The molecule has 10 nitrogen and oxygen atoms in total. The minimum Gasteiger partial charge on any atom is -0.481 e. The quantitative estimate of drug-likeness (QED) is 0.0777. The average Bonchev–Trinajstić information content (AvgIpc) is 3.40. The van der Waals surface area contributed by atoms with Gasteiger partial charge in [0.25, 0.3) is 10.1 Å². The van der Waals surface area contributed by atoms with Crippen LogP contribution in [0.25, 0.3) is 0 Å². The van der Waals surface area contributed by atoms with Crippen molar-refractivity contribution in [2.24, 2.45) is 0 Å². The molecule has 0 bridgehead atoms. The highest BCUT2D eigenvalue weighted by Gasteiger charge is 2.35. The fourth-order valence-corrected chi connectivity index (χ4v) is 8.76. The first-order chi connectivity index (χ1) is 20.3. The van der Waals surface area contributed by atoms with Gasteiger partial charge in [-0.3, -0.25) is 4.55 Å². The molecule has 0 amide bonds. The Kier molecular flexibility index (Phi) is 11.1. The third kappa shape index (κ3) is 8.46. The minimum absolute atomic E-state index is 0.0634. The van der Waals surface area contributed by atoms with Crippen LogP contribution in [0.3, 0.4) is 0 Å². The van der Waals surface area contributed by atoms with Crippen LogP contribution in [-0.2, 0) is 19.6 Å². The summed E-state index contributed by atoms with van der Waals surface area (Å²) in [6.07, 6.45) is 4.69. The van der Waals surface area contributed by atoms with Crippen LogP contribution in [0.5, 0.6) is 17.2 Å². The molecule has 14 heteroatoms. The van der Waals surface area contributed by atoms with Crippen molar-refractivity contribution in [1.82, 2.24) is 0 Å². The van der Waals surface area contributed by atoms with Gasteiger partial charge in [0.1, 0.15) is 33.3 Å². The zero-order valence-electron chi connectivity index (χ0n) is 22.2. The summed E-state index contributed by atoms with van der Waals surface area (Å²) >= 11 is 5.48. The second kappa shape index (κ2) is 14.2.